The molecule has 21 heavy (non-hydrogen) atoms. The van der Waals surface area contributed by atoms with E-state index in [2.05, 4.69) is 5.32 Å². The van der Waals surface area contributed by atoms with Gasteiger partial charge in [0.25, 0.3) is 0 Å². The number of benzene rings is 1. The van der Waals surface area contributed by atoms with Crippen molar-refractivity contribution < 1.29 is 24.2 Å². The van der Waals surface area contributed by atoms with Gasteiger partial charge in [-0.2, -0.15) is 0 Å². The van der Waals surface area contributed by atoms with Gasteiger partial charge in [0, 0.05) is 17.7 Å². The van der Waals surface area contributed by atoms with E-state index >= 15 is 0 Å². The van der Waals surface area contributed by atoms with Gasteiger partial charge in [0.1, 0.15) is 0 Å². The number of carbonyl (C=O) groups excluding carboxylic acids is 1. The number of carbonyl (C=O) groups is 2. The Balaban J connectivity index is 1.64. The third-order valence-corrected chi connectivity index (χ3v) is 4.03. The van der Waals surface area contributed by atoms with Crippen molar-refractivity contribution >= 4 is 17.6 Å². The summed E-state index contributed by atoms with van der Waals surface area (Å²) in [4.78, 5) is 23.3. The fourth-order valence-electron chi connectivity index (χ4n) is 2.87. The minimum atomic E-state index is -0.810. The second kappa shape index (κ2) is 5.63. The molecule has 3 rings (SSSR count). The van der Waals surface area contributed by atoms with Crippen LogP contribution < -0.4 is 14.8 Å². The first-order valence-corrected chi connectivity index (χ1v) is 7.07. The topological polar surface area (TPSA) is 84.9 Å². The van der Waals surface area contributed by atoms with E-state index in [0.717, 1.165) is 12.8 Å². The molecule has 1 saturated carbocycles. The van der Waals surface area contributed by atoms with Crippen LogP contribution in [0.3, 0.4) is 0 Å². The lowest BCUT2D eigenvalue weighted by atomic mass is 9.81. The molecule has 6 nitrogen and oxygen atoms in total. The summed E-state index contributed by atoms with van der Waals surface area (Å²) < 4.78 is 10.5. The summed E-state index contributed by atoms with van der Waals surface area (Å²) in [6.45, 7) is 0.190. The molecule has 2 unspecified atom stereocenters. The average molecular weight is 291 g/mol. The summed E-state index contributed by atoms with van der Waals surface area (Å²) in [6, 6.07) is 5.22. The molecule has 0 spiro atoms. The van der Waals surface area contributed by atoms with Crippen molar-refractivity contribution in [2.45, 2.75) is 25.7 Å². The second-order valence-electron chi connectivity index (χ2n) is 5.46. The number of anilines is 1. The molecule has 1 amide bonds. The molecule has 6 heteroatoms. The van der Waals surface area contributed by atoms with Crippen LogP contribution in [0, 0.1) is 11.8 Å². The van der Waals surface area contributed by atoms with Crippen molar-refractivity contribution in [3.05, 3.63) is 18.2 Å². The quantitative estimate of drug-likeness (QED) is 0.892. The third kappa shape index (κ3) is 2.94. The highest BCUT2D eigenvalue weighted by Crippen LogP contribution is 2.35. The SMILES string of the molecule is O=C(O)C1CCCC(C(=O)Nc2ccc3c(c2)OCO3)C1. The largest absolute Gasteiger partial charge is 0.481 e. The van der Waals surface area contributed by atoms with Crippen LogP contribution in [-0.4, -0.2) is 23.8 Å². The van der Waals surface area contributed by atoms with Gasteiger partial charge in [-0.15, -0.1) is 0 Å². The first-order chi connectivity index (χ1) is 10.1. The van der Waals surface area contributed by atoms with Crippen molar-refractivity contribution in [1.29, 1.82) is 0 Å². The maximum Gasteiger partial charge on any atom is 0.306 e. The summed E-state index contributed by atoms with van der Waals surface area (Å²) in [7, 11) is 0. The average Bonchev–Trinajstić information content (AvgIpc) is 2.95. The first-order valence-electron chi connectivity index (χ1n) is 7.07. The molecular formula is C15H17NO5. The van der Waals surface area contributed by atoms with E-state index in [1.54, 1.807) is 18.2 Å². The van der Waals surface area contributed by atoms with Gasteiger partial charge in [-0.1, -0.05) is 6.42 Å². The van der Waals surface area contributed by atoms with Gasteiger partial charge in [-0.3, -0.25) is 9.59 Å². The maximum atomic E-state index is 12.3. The number of hydrogen-bond acceptors (Lipinski definition) is 4. The monoisotopic (exact) mass is 291 g/mol. The van der Waals surface area contributed by atoms with Crippen molar-refractivity contribution in [2.24, 2.45) is 11.8 Å². The van der Waals surface area contributed by atoms with Gasteiger partial charge in [0.15, 0.2) is 11.5 Å². The number of hydrogen-bond donors (Lipinski definition) is 2. The molecule has 0 aromatic heterocycles. The van der Waals surface area contributed by atoms with E-state index < -0.39 is 11.9 Å². The van der Waals surface area contributed by atoms with E-state index in [1.165, 1.54) is 0 Å². The number of amides is 1. The number of carboxylic acids is 1. The third-order valence-electron chi connectivity index (χ3n) is 4.03. The Hall–Kier alpha value is -2.24. The summed E-state index contributed by atoms with van der Waals surface area (Å²) >= 11 is 0. The zero-order valence-electron chi connectivity index (χ0n) is 11.5. The Morgan fingerprint density at radius 2 is 1.90 bits per heavy atom. The zero-order valence-corrected chi connectivity index (χ0v) is 11.5. The van der Waals surface area contributed by atoms with Gasteiger partial charge in [0.2, 0.25) is 12.7 Å². The van der Waals surface area contributed by atoms with Crippen molar-refractivity contribution in [3.63, 3.8) is 0 Å². The first kappa shape index (κ1) is 13.7. The number of carboxylic acid groups (broad SMARTS) is 1. The van der Waals surface area contributed by atoms with Crippen LogP contribution in [0.15, 0.2) is 18.2 Å². The van der Waals surface area contributed by atoms with Crippen molar-refractivity contribution in [1.82, 2.24) is 0 Å². The number of rotatable bonds is 3. The lowest BCUT2D eigenvalue weighted by Gasteiger charge is -2.25. The summed E-state index contributed by atoms with van der Waals surface area (Å²) in [6.07, 6.45) is 2.57. The molecule has 0 saturated heterocycles. The fraction of sp³-hybridized carbons (Fsp3) is 0.467. The molecular weight excluding hydrogens is 274 g/mol. The lowest BCUT2D eigenvalue weighted by Crippen LogP contribution is -2.30. The van der Waals surface area contributed by atoms with E-state index in [0.29, 0.717) is 30.0 Å². The Labute approximate surface area is 122 Å². The maximum absolute atomic E-state index is 12.3. The molecule has 0 radical (unpaired) electrons. The van der Waals surface area contributed by atoms with Gasteiger partial charge in [0.05, 0.1) is 5.92 Å². The van der Waals surface area contributed by atoms with Crippen LogP contribution in [0.4, 0.5) is 5.69 Å². The predicted octanol–water partition coefficient (Wildman–Crippen LogP) is 2.24. The zero-order chi connectivity index (χ0) is 14.8. The van der Waals surface area contributed by atoms with Crippen molar-refractivity contribution in [3.8, 4) is 11.5 Å². The molecule has 2 atom stereocenters. The predicted molar refractivity (Wildman–Crippen MR) is 74.3 cm³/mol. The van der Waals surface area contributed by atoms with Crippen LogP contribution in [0.25, 0.3) is 0 Å². The fourth-order valence-corrected chi connectivity index (χ4v) is 2.87. The van der Waals surface area contributed by atoms with E-state index in [-0.39, 0.29) is 18.6 Å². The Kier molecular flexibility index (Phi) is 3.68. The minimum absolute atomic E-state index is 0.125. The lowest BCUT2D eigenvalue weighted by molar-refractivity contribution is -0.143. The highest BCUT2D eigenvalue weighted by atomic mass is 16.7. The Morgan fingerprint density at radius 1 is 1.14 bits per heavy atom. The van der Waals surface area contributed by atoms with Crippen LogP contribution in [0.1, 0.15) is 25.7 Å². The number of aliphatic carboxylic acids is 1. The number of nitrogens with one attached hydrogen (secondary N) is 1. The van der Waals surface area contributed by atoms with Crippen LogP contribution >= 0.6 is 0 Å². The number of fused-ring (bicyclic) bond motifs is 1. The molecule has 1 heterocycles. The molecule has 1 aromatic rings. The minimum Gasteiger partial charge on any atom is -0.481 e. The van der Waals surface area contributed by atoms with Gasteiger partial charge < -0.3 is 19.9 Å². The molecule has 1 aromatic carbocycles. The molecule has 1 aliphatic heterocycles. The van der Waals surface area contributed by atoms with Crippen LogP contribution in [-0.2, 0) is 9.59 Å². The molecule has 112 valence electrons. The van der Waals surface area contributed by atoms with E-state index in [9.17, 15) is 9.59 Å². The summed E-state index contributed by atoms with van der Waals surface area (Å²) in [5, 5.41) is 11.9. The van der Waals surface area contributed by atoms with Crippen molar-refractivity contribution in [2.75, 3.05) is 12.1 Å². The highest BCUT2D eigenvalue weighted by Gasteiger charge is 2.31. The van der Waals surface area contributed by atoms with Crippen LogP contribution in [0.5, 0.6) is 11.5 Å². The molecule has 1 fully saturated rings. The van der Waals surface area contributed by atoms with Gasteiger partial charge >= 0.3 is 5.97 Å². The van der Waals surface area contributed by atoms with E-state index in [4.69, 9.17) is 14.6 Å². The van der Waals surface area contributed by atoms with Crippen LogP contribution in [0.2, 0.25) is 0 Å². The molecule has 1 aliphatic carbocycles. The van der Waals surface area contributed by atoms with Gasteiger partial charge in [-0.05, 0) is 31.4 Å². The summed E-state index contributed by atoms with van der Waals surface area (Å²) in [5.41, 5.74) is 0.640. The highest BCUT2D eigenvalue weighted by molar-refractivity contribution is 5.93. The van der Waals surface area contributed by atoms with E-state index in [1.807, 2.05) is 0 Å². The Bertz CT molecular complexity index is 571. The molecule has 2 aliphatic rings. The standard InChI is InChI=1S/C15H17NO5/c17-14(9-2-1-3-10(6-9)15(18)19)16-11-4-5-12-13(7-11)21-8-20-12/h4-5,7,9-10H,1-3,6,8H2,(H,16,17)(H,18,19). The summed E-state index contributed by atoms with van der Waals surface area (Å²) in [5.74, 6) is -0.316. The molecule has 0 bridgehead atoms. The Morgan fingerprint density at radius 3 is 2.71 bits per heavy atom. The number of ether oxygens (including phenoxy) is 2. The smallest absolute Gasteiger partial charge is 0.306 e. The molecule has 2 N–H and O–H groups in total. The second-order valence-corrected chi connectivity index (χ2v) is 5.46. The normalized spacial score (nSPS) is 23.6. The van der Waals surface area contributed by atoms with Gasteiger partial charge in [-0.25, -0.2) is 0 Å².